The Bertz CT molecular complexity index is 438. The zero-order valence-corrected chi connectivity index (χ0v) is 11.6. The lowest BCUT2D eigenvalue weighted by Crippen LogP contribution is -2.18. The molecular formula is C15H20O4. The van der Waals surface area contributed by atoms with Gasteiger partial charge in [0.1, 0.15) is 11.3 Å². The van der Waals surface area contributed by atoms with Gasteiger partial charge in [0, 0.05) is 0 Å². The quantitative estimate of drug-likeness (QED) is 0.450. The van der Waals surface area contributed by atoms with Crippen LogP contribution in [0.4, 0.5) is 0 Å². The molecule has 0 radical (unpaired) electrons. The highest BCUT2D eigenvalue weighted by Crippen LogP contribution is 2.19. The van der Waals surface area contributed by atoms with Crippen molar-refractivity contribution < 1.29 is 19.1 Å². The normalized spacial score (nSPS) is 10.3. The van der Waals surface area contributed by atoms with Crippen molar-refractivity contribution >= 4 is 11.9 Å². The Morgan fingerprint density at radius 3 is 2.53 bits per heavy atom. The molecule has 0 bridgehead atoms. The minimum Gasteiger partial charge on any atom is -0.493 e. The third-order valence-electron chi connectivity index (χ3n) is 2.53. The molecule has 0 spiro atoms. The van der Waals surface area contributed by atoms with Gasteiger partial charge in [0.05, 0.1) is 12.5 Å². The van der Waals surface area contributed by atoms with Gasteiger partial charge in [0.2, 0.25) is 0 Å². The van der Waals surface area contributed by atoms with E-state index in [9.17, 15) is 9.59 Å². The lowest BCUT2D eigenvalue weighted by Gasteiger charge is -2.10. The van der Waals surface area contributed by atoms with Crippen molar-refractivity contribution in [2.75, 3.05) is 6.61 Å². The summed E-state index contributed by atoms with van der Waals surface area (Å²) in [6, 6.07) is 6.79. The van der Waals surface area contributed by atoms with Crippen LogP contribution in [0.15, 0.2) is 24.3 Å². The van der Waals surface area contributed by atoms with E-state index in [1.54, 1.807) is 38.1 Å². The van der Waals surface area contributed by atoms with Gasteiger partial charge in [0.15, 0.2) is 0 Å². The van der Waals surface area contributed by atoms with E-state index >= 15 is 0 Å². The van der Waals surface area contributed by atoms with Crippen molar-refractivity contribution in [2.45, 2.75) is 33.6 Å². The Kier molecular flexibility index (Phi) is 6.06. The van der Waals surface area contributed by atoms with Gasteiger partial charge in [-0.15, -0.1) is 0 Å². The van der Waals surface area contributed by atoms with Crippen molar-refractivity contribution in [3.8, 4) is 5.75 Å². The molecule has 0 amide bonds. The molecule has 0 aromatic heterocycles. The van der Waals surface area contributed by atoms with Gasteiger partial charge in [-0.25, -0.2) is 4.79 Å². The van der Waals surface area contributed by atoms with Gasteiger partial charge >= 0.3 is 11.9 Å². The number of esters is 2. The second-order valence-corrected chi connectivity index (χ2v) is 4.56. The molecule has 104 valence electrons. The first-order valence-corrected chi connectivity index (χ1v) is 6.54. The van der Waals surface area contributed by atoms with Gasteiger partial charge in [-0.1, -0.05) is 39.3 Å². The molecule has 1 aromatic rings. The number of rotatable bonds is 6. The van der Waals surface area contributed by atoms with E-state index in [1.807, 2.05) is 0 Å². The number of hydrogen-bond donors (Lipinski definition) is 0. The molecule has 0 saturated heterocycles. The van der Waals surface area contributed by atoms with Crippen molar-refractivity contribution in [1.29, 1.82) is 0 Å². The summed E-state index contributed by atoms with van der Waals surface area (Å²) in [5.41, 5.74) is 0.285. The second-order valence-electron chi connectivity index (χ2n) is 4.56. The number of unbranched alkanes of at least 4 members (excludes halogenated alkanes) is 1. The predicted octanol–water partition coefficient (Wildman–Crippen LogP) is 3.20. The fraction of sp³-hybridized carbons (Fsp3) is 0.467. The molecule has 0 aliphatic rings. The molecule has 0 N–H and O–H groups in total. The van der Waals surface area contributed by atoms with E-state index in [4.69, 9.17) is 9.47 Å². The Morgan fingerprint density at radius 1 is 1.21 bits per heavy atom. The van der Waals surface area contributed by atoms with Crippen molar-refractivity contribution in [2.24, 2.45) is 5.92 Å². The smallest absolute Gasteiger partial charge is 0.349 e. The summed E-state index contributed by atoms with van der Waals surface area (Å²) >= 11 is 0. The molecule has 0 aliphatic carbocycles. The van der Waals surface area contributed by atoms with Crippen LogP contribution in [0.25, 0.3) is 0 Å². The van der Waals surface area contributed by atoms with Crippen LogP contribution in [-0.2, 0) is 9.53 Å². The van der Waals surface area contributed by atoms with Gasteiger partial charge in [-0.05, 0) is 18.6 Å². The summed E-state index contributed by atoms with van der Waals surface area (Å²) in [6.45, 7) is 5.96. The third-order valence-corrected chi connectivity index (χ3v) is 2.53. The monoisotopic (exact) mass is 264 g/mol. The van der Waals surface area contributed by atoms with E-state index in [0.717, 1.165) is 12.8 Å². The number of carbonyl (C=O) groups excluding carboxylic acids is 2. The molecule has 1 aromatic carbocycles. The standard InChI is InChI=1S/C15H20O4/c1-4-5-10-18-13-9-7-6-8-12(13)15(17)19-14(16)11(2)3/h6-9,11H,4-5,10H2,1-3H3. The topological polar surface area (TPSA) is 52.6 Å². The summed E-state index contributed by atoms with van der Waals surface area (Å²) in [4.78, 5) is 23.3. The minimum absolute atomic E-state index is 0.285. The third kappa shape index (κ3) is 4.73. The van der Waals surface area contributed by atoms with Crippen LogP contribution in [0, 0.1) is 5.92 Å². The van der Waals surface area contributed by atoms with Gasteiger partial charge < -0.3 is 9.47 Å². The molecule has 4 heteroatoms. The van der Waals surface area contributed by atoms with Crippen LogP contribution in [0.5, 0.6) is 5.75 Å². The van der Waals surface area contributed by atoms with Gasteiger partial charge in [-0.3, -0.25) is 4.79 Å². The lowest BCUT2D eigenvalue weighted by molar-refractivity contribution is -0.141. The van der Waals surface area contributed by atoms with Crippen LogP contribution < -0.4 is 4.74 Å². The number of benzene rings is 1. The highest BCUT2D eigenvalue weighted by molar-refractivity contribution is 5.99. The van der Waals surface area contributed by atoms with Crippen LogP contribution in [-0.4, -0.2) is 18.5 Å². The molecule has 0 unspecified atom stereocenters. The summed E-state index contributed by atoms with van der Waals surface area (Å²) in [5, 5.41) is 0. The molecule has 0 saturated carbocycles. The van der Waals surface area contributed by atoms with Crippen LogP contribution >= 0.6 is 0 Å². The van der Waals surface area contributed by atoms with Crippen LogP contribution in [0.1, 0.15) is 44.0 Å². The molecule has 0 fully saturated rings. The maximum absolute atomic E-state index is 11.9. The Balaban J connectivity index is 2.75. The Labute approximate surface area is 113 Å². The van der Waals surface area contributed by atoms with Gasteiger partial charge in [0.25, 0.3) is 0 Å². The van der Waals surface area contributed by atoms with Crippen molar-refractivity contribution in [3.63, 3.8) is 0 Å². The van der Waals surface area contributed by atoms with E-state index in [1.165, 1.54) is 0 Å². The minimum atomic E-state index is -0.661. The second kappa shape index (κ2) is 7.56. The molecular weight excluding hydrogens is 244 g/mol. The first kappa shape index (κ1) is 15.2. The zero-order chi connectivity index (χ0) is 14.3. The molecule has 0 aliphatic heterocycles. The van der Waals surface area contributed by atoms with E-state index in [0.29, 0.717) is 12.4 Å². The SMILES string of the molecule is CCCCOc1ccccc1C(=O)OC(=O)C(C)C. The lowest BCUT2D eigenvalue weighted by atomic mass is 10.2. The van der Waals surface area contributed by atoms with Crippen molar-refractivity contribution in [3.05, 3.63) is 29.8 Å². The first-order chi connectivity index (χ1) is 9.06. The molecule has 0 heterocycles. The summed E-state index contributed by atoms with van der Waals surface area (Å²) < 4.78 is 10.3. The van der Waals surface area contributed by atoms with Crippen molar-refractivity contribution in [1.82, 2.24) is 0 Å². The molecule has 4 nitrogen and oxygen atoms in total. The molecule has 1 rings (SSSR count). The molecule has 19 heavy (non-hydrogen) atoms. The zero-order valence-electron chi connectivity index (χ0n) is 11.6. The van der Waals surface area contributed by atoms with Crippen LogP contribution in [0.3, 0.4) is 0 Å². The number of hydrogen-bond acceptors (Lipinski definition) is 4. The van der Waals surface area contributed by atoms with Crippen LogP contribution in [0.2, 0.25) is 0 Å². The largest absolute Gasteiger partial charge is 0.493 e. The number of ether oxygens (including phenoxy) is 2. The van der Waals surface area contributed by atoms with E-state index in [-0.39, 0.29) is 11.5 Å². The fourth-order valence-corrected chi connectivity index (χ4v) is 1.35. The molecule has 0 atom stereocenters. The summed E-state index contributed by atoms with van der Waals surface area (Å²) in [7, 11) is 0. The van der Waals surface area contributed by atoms with E-state index < -0.39 is 11.9 Å². The predicted molar refractivity (Wildman–Crippen MR) is 72.1 cm³/mol. The average molecular weight is 264 g/mol. The fourth-order valence-electron chi connectivity index (χ4n) is 1.35. The first-order valence-electron chi connectivity index (χ1n) is 6.54. The maximum atomic E-state index is 11.9. The average Bonchev–Trinajstić information content (AvgIpc) is 2.39. The maximum Gasteiger partial charge on any atom is 0.349 e. The highest BCUT2D eigenvalue weighted by Gasteiger charge is 2.19. The highest BCUT2D eigenvalue weighted by atomic mass is 16.6. The number of carbonyl (C=O) groups is 2. The number of para-hydroxylation sites is 1. The Hall–Kier alpha value is -1.84. The van der Waals surface area contributed by atoms with Gasteiger partial charge in [-0.2, -0.15) is 0 Å². The Morgan fingerprint density at radius 2 is 1.89 bits per heavy atom. The summed E-state index contributed by atoms with van der Waals surface area (Å²) in [6.07, 6.45) is 1.92. The van der Waals surface area contributed by atoms with E-state index in [2.05, 4.69) is 6.92 Å². The summed E-state index contributed by atoms with van der Waals surface area (Å²) in [5.74, 6) is -1.08.